The predicted molar refractivity (Wildman–Crippen MR) is 231 cm³/mol. The number of amides is 1. The van der Waals surface area contributed by atoms with Gasteiger partial charge in [-0.15, -0.1) is 0 Å². The Bertz CT molecular complexity index is 1200. The van der Waals surface area contributed by atoms with E-state index in [9.17, 15) is 34.1 Å². The number of rotatable bonds is 40. The number of unbranched alkanes of at least 4 members (excludes halogenated alkanes) is 16. The van der Waals surface area contributed by atoms with Crippen LogP contribution in [-0.4, -0.2) is 64.9 Å². The Kier molecular flexibility index (Phi) is 38.0. The van der Waals surface area contributed by atoms with E-state index in [0.717, 1.165) is 96.3 Å². The largest absolute Gasteiger partial charge is 0.480 e. The van der Waals surface area contributed by atoms with Crippen molar-refractivity contribution < 1.29 is 47.8 Å². The number of esters is 1. The highest BCUT2D eigenvalue weighted by Crippen LogP contribution is 2.43. The molecule has 0 spiro atoms. The van der Waals surface area contributed by atoms with Gasteiger partial charge >= 0.3 is 19.8 Å². The van der Waals surface area contributed by atoms with Crippen molar-refractivity contribution in [1.82, 2.24) is 5.32 Å². The summed E-state index contributed by atoms with van der Waals surface area (Å²) >= 11 is 0. The molecule has 3 unspecified atom stereocenters. The first kappa shape index (κ1) is 54.2. The van der Waals surface area contributed by atoms with Gasteiger partial charge in [-0.2, -0.15) is 0 Å². The number of nitrogens with one attached hydrogen (secondary N) is 1. The number of hydrogen-bond donors (Lipinski definition) is 4. The molecule has 0 aromatic heterocycles. The van der Waals surface area contributed by atoms with Crippen LogP contribution >= 0.6 is 7.82 Å². The van der Waals surface area contributed by atoms with Gasteiger partial charge < -0.3 is 25.2 Å². The summed E-state index contributed by atoms with van der Waals surface area (Å²) in [6, 6.07) is -1.55. The second-order valence-corrected chi connectivity index (χ2v) is 16.0. The van der Waals surface area contributed by atoms with Crippen LogP contribution in [0.5, 0.6) is 0 Å². The van der Waals surface area contributed by atoms with Gasteiger partial charge in [0, 0.05) is 12.8 Å². The van der Waals surface area contributed by atoms with Crippen LogP contribution in [0, 0.1) is 0 Å². The average Bonchev–Trinajstić information content (AvgIpc) is 3.18. The number of ether oxygens (including phenoxy) is 1. The lowest BCUT2D eigenvalue weighted by atomic mass is 10.1. The smallest absolute Gasteiger partial charge is 0.472 e. The highest BCUT2D eigenvalue weighted by atomic mass is 31.2. The number of allylic oxidation sites excluding steroid dienone is 10. The molecule has 1 amide bonds. The standard InChI is InChI=1S/C45H78NO10P/c1-3-5-7-9-11-13-15-16-17-18-19-20-21-22-23-24-25-26-27-28-30-32-34-36-43(48)46-42(45(50)51)40-56-57(52,53)55-39-41(47)38-54-44(49)37-35-33-31-29-14-12-10-8-6-4-2/h5,7,11,13,16-17,19-20,22-23,41-42,47H,3-4,6,8-10,12,14-15,18,21,24-40H2,1-2H3,(H,46,48)(H,50,51)(H,52,53)/b7-5-,13-11-,17-16-,20-19-,23-22-. The first-order valence-corrected chi connectivity index (χ1v) is 23.3. The lowest BCUT2D eigenvalue weighted by molar-refractivity contribution is -0.147. The normalized spacial score (nSPS) is 14.3. The van der Waals surface area contributed by atoms with Crippen LogP contribution in [0.25, 0.3) is 0 Å². The number of aliphatic carboxylic acids is 1. The van der Waals surface area contributed by atoms with Crippen LogP contribution in [0.15, 0.2) is 60.8 Å². The van der Waals surface area contributed by atoms with Crippen LogP contribution in [-0.2, 0) is 32.7 Å². The van der Waals surface area contributed by atoms with Gasteiger partial charge in [0.05, 0.1) is 13.2 Å². The van der Waals surface area contributed by atoms with Gasteiger partial charge in [-0.1, -0.05) is 164 Å². The minimum Gasteiger partial charge on any atom is -0.480 e. The topological polar surface area (TPSA) is 169 Å². The van der Waals surface area contributed by atoms with E-state index in [4.69, 9.17) is 13.8 Å². The molecule has 11 nitrogen and oxygen atoms in total. The number of carboxylic acid groups (broad SMARTS) is 1. The zero-order chi connectivity index (χ0) is 42.1. The number of hydrogen-bond acceptors (Lipinski definition) is 8. The summed E-state index contributed by atoms with van der Waals surface area (Å²) in [4.78, 5) is 45.8. The predicted octanol–water partition coefficient (Wildman–Crippen LogP) is 11.2. The van der Waals surface area contributed by atoms with Gasteiger partial charge in [-0.3, -0.25) is 18.6 Å². The summed E-state index contributed by atoms with van der Waals surface area (Å²) in [6.07, 6.45) is 45.3. The maximum Gasteiger partial charge on any atom is 0.472 e. The minimum absolute atomic E-state index is 0.130. The molecule has 0 aromatic carbocycles. The summed E-state index contributed by atoms with van der Waals surface area (Å²) < 4.78 is 26.8. The summed E-state index contributed by atoms with van der Waals surface area (Å²) in [5.74, 6) is -2.39. The number of carbonyl (C=O) groups is 3. The molecular formula is C45H78NO10P. The van der Waals surface area contributed by atoms with Crippen molar-refractivity contribution in [2.45, 2.75) is 187 Å². The summed E-state index contributed by atoms with van der Waals surface area (Å²) in [7, 11) is -4.76. The van der Waals surface area contributed by atoms with Gasteiger partial charge in [-0.05, 0) is 57.8 Å². The van der Waals surface area contributed by atoms with E-state index in [1.807, 2.05) is 0 Å². The molecule has 0 radical (unpaired) electrons. The Balaban J connectivity index is 3.93. The SMILES string of the molecule is CC/C=C\C/C=C\C/C=C\C/C=C\C/C=C\CCCCCCCCCC(=O)NC(COP(=O)(O)OCC(O)COC(=O)CCCCCCCCCCCC)C(=O)O. The van der Waals surface area contributed by atoms with Crippen LogP contribution in [0.1, 0.15) is 174 Å². The second-order valence-electron chi connectivity index (χ2n) is 14.5. The maximum atomic E-state index is 12.3. The molecule has 0 aliphatic heterocycles. The Hall–Kier alpha value is -2.82. The van der Waals surface area contributed by atoms with Crippen LogP contribution < -0.4 is 5.32 Å². The van der Waals surface area contributed by atoms with Gasteiger partial charge in [-0.25, -0.2) is 9.36 Å². The quantitative estimate of drug-likeness (QED) is 0.0202. The van der Waals surface area contributed by atoms with E-state index in [1.54, 1.807) is 0 Å². The lowest BCUT2D eigenvalue weighted by Crippen LogP contribution is -2.43. The van der Waals surface area contributed by atoms with Crippen LogP contribution in [0.4, 0.5) is 0 Å². The van der Waals surface area contributed by atoms with Crippen molar-refractivity contribution in [2.75, 3.05) is 19.8 Å². The van der Waals surface area contributed by atoms with Crippen molar-refractivity contribution in [3.8, 4) is 0 Å². The lowest BCUT2D eigenvalue weighted by Gasteiger charge is -2.18. The second kappa shape index (κ2) is 40.0. The molecule has 0 rings (SSSR count). The van der Waals surface area contributed by atoms with E-state index in [0.29, 0.717) is 12.8 Å². The molecule has 328 valence electrons. The molecule has 0 fully saturated rings. The molecule has 57 heavy (non-hydrogen) atoms. The van der Waals surface area contributed by atoms with Gasteiger partial charge in [0.1, 0.15) is 12.7 Å². The van der Waals surface area contributed by atoms with E-state index in [2.05, 4.69) is 79.9 Å². The Morgan fingerprint density at radius 3 is 1.53 bits per heavy atom. The highest BCUT2D eigenvalue weighted by Gasteiger charge is 2.28. The number of phosphoric ester groups is 1. The molecule has 4 N–H and O–H groups in total. The first-order chi connectivity index (χ1) is 27.6. The zero-order valence-corrected chi connectivity index (χ0v) is 36.3. The number of aliphatic hydroxyl groups is 1. The van der Waals surface area contributed by atoms with Gasteiger partial charge in [0.2, 0.25) is 5.91 Å². The Morgan fingerprint density at radius 1 is 0.579 bits per heavy atom. The third kappa shape index (κ3) is 39.8. The van der Waals surface area contributed by atoms with E-state index in [1.165, 1.54) is 38.5 Å². The van der Waals surface area contributed by atoms with Crippen molar-refractivity contribution in [3.63, 3.8) is 0 Å². The molecule has 0 bridgehead atoms. The average molecular weight is 824 g/mol. The van der Waals surface area contributed by atoms with Crippen molar-refractivity contribution in [3.05, 3.63) is 60.8 Å². The number of phosphoric acid groups is 1. The van der Waals surface area contributed by atoms with Crippen molar-refractivity contribution in [1.29, 1.82) is 0 Å². The maximum absolute atomic E-state index is 12.3. The third-order valence-electron chi connectivity index (χ3n) is 9.07. The minimum atomic E-state index is -4.76. The van der Waals surface area contributed by atoms with E-state index < -0.39 is 57.6 Å². The molecule has 0 saturated carbocycles. The molecule has 12 heteroatoms. The molecule has 0 heterocycles. The highest BCUT2D eigenvalue weighted by molar-refractivity contribution is 7.47. The van der Waals surface area contributed by atoms with E-state index >= 15 is 0 Å². The molecule has 0 aromatic rings. The number of carboxylic acids is 1. The van der Waals surface area contributed by atoms with Crippen LogP contribution in [0.3, 0.4) is 0 Å². The van der Waals surface area contributed by atoms with E-state index in [-0.39, 0.29) is 12.8 Å². The first-order valence-electron chi connectivity index (χ1n) is 21.8. The van der Waals surface area contributed by atoms with Crippen LogP contribution in [0.2, 0.25) is 0 Å². The molecule has 3 atom stereocenters. The van der Waals surface area contributed by atoms with Gasteiger partial charge in [0.25, 0.3) is 0 Å². The molecule has 0 aliphatic carbocycles. The Labute approximate surface area is 345 Å². The molecule has 0 aliphatic rings. The van der Waals surface area contributed by atoms with Gasteiger partial charge in [0.15, 0.2) is 6.04 Å². The summed E-state index contributed by atoms with van der Waals surface area (Å²) in [6.45, 7) is 2.44. The zero-order valence-electron chi connectivity index (χ0n) is 35.4. The van der Waals surface area contributed by atoms with Crippen molar-refractivity contribution >= 4 is 25.7 Å². The fraction of sp³-hybridized carbons (Fsp3) is 0.711. The van der Waals surface area contributed by atoms with Crippen molar-refractivity contribution in [2.24, 2.45) is 0 Å². The Morgan fingerprint density at radius 2 is 1.02 bits per heavy atom. The molecular weight excluding hydrogens is 745 g/mol. The fourth-order valence-corrected chi connectivity index (χ4v) is 6.47. The monoisotopic (exact) mass is 824 g/mol. The third-order valence-corrected chi connectivity index (χ3v) is 10.0. The summed E-state index contributed by atoms with van der Waals surface area (Å²) in [5, 5.41) is 21.8. The summed E-state index contributed by atoms with van der Waals surface area (Å²) in [5.41, 5.74) is 0. The fourth-order valence-electron chi connectivity index (χ4n) is 5.69. The number of aliphatic hydroxyl groups excluding tert-OH is 1. The number of carbonyl (C=O) groups excluding carboxylic acids is 2. The molecule has 0 saturated heterocycles.